The van der Waals surface area contributed by atoms with E-state index in [9.17, 15) is 4.79 Å². The molecule has 0 heterocycles. The molecule has 1 fully saturated rings. The van der Waals surface area contributed by atoms with Crippen LogP contribution in [-0.2, 0) is 4.79 Å². The Kier molecular flexibility index (Phi) is 2.59. The van der Waals surface area contributed by atoms with Gasteiger partial charge in [0, 0.05) is 16.9 Å². The van der Waals surface area contributed by atoms with Gasteiger partial charge in [0.15, 0.2) is 0 Å². The minimum atomic E-state index is -0.177. The summed E-state index contributed by atoms with van der Waals surface area (Å²) < 4.78 is 0. The zero-order valence-corrected chi connectivity index (χ0v) is 9.84. The van der Waals surface area contributed by atoms with Gasteiger partial charge in [-0.3, -0.25) is 4.79 Å². The average molecular weight is 223 g/mol. The van der Waals surface area contributed by atoms with E-state index >= 15 is 0 Å². The lowest BCUT2D eigenvalue weighted by Gasteiger charge is -2.16. The summed E-state index contributed by atoms with van der Waals surface area (Å²) in [6.07, 6.45) is 1.55. The Balaban J connectivity index is 2.29. The second-order valence-corrected chi connectivity index (χ2v) is 5.34. The molecule has 0 aliphatic heterocycles. The molecule has 0 bridgehead atoms. The van der Waals surface area contributed by atoms with Crippen LogP contribution in [0.5, 0.6) is 0 Å². The van der Waals surface area contributed by atoms with Crippen molar-refractivity contribution in [3.8, 4) is 0 Å². The summed E-state index contributed by atoms with van der Waals surface area (Å²) in [5.41, 5.74) is 0.946. The second-order valence-electron chi connectivity index (χ2n) is 4.93. The number of hydrogen-bond acceptors (Lipinski definition) is 1. The van der Waals surface area contributed by atoms with Gasteiger partial charge in [-0.05, 0) is 24.0 Å². The lowest BCUT2D eigenvalue weighted by molar-refractivity contribution is -0.124. The Hall–Kier alpha value is -0.820. The Bertz CT molecular complexity index is 395. The second kappa shape index (κ2) is 3.64. The van der Waals surface area contributed by atoms with E-state index in [1.165, 1.54) is 0 Å². The van der Waals surface area contributed by atoms with Gasteiger partial charge in [-0.2, -0.15) is 0 Å². The van der Waals surface area contributed by atoms with Crippen LogP contribution in [0.1, 0.15) is 38.2 Å². The molecule has 0 radical (unpaired) electrons. The summed E-state index contributed by atoms with van der Waals surface area (Å²) in [5.74, 6) is 0.661. The molecule has 1 aromatic rings. The van der Waals surface area contributed by atoms with Crippen LogP contribution in [0, 0.1) is 5.41 Å². The van der Waals surface area contributed by atoms with Gasteiger partial charge in [0.25, 0.3) is 0 Å². The van der Waals surface area contributed by atoms with Crippen molar-refractivity contribution < 1.29 is 4.79 Å². The highest BCUT2D eigenvalue weighted by molar-refractivity contribution is 6.31. The van der Waals surface area contributed by atoms with E-state index in [1.807, 2.05) is 38.1 Å². The average Bonchev–Trinajstić information content (AvgIpc) is 2.42. The van der Waals surface area contributed by atoms with Crippen molar-refractivity contribution in [2.45, 2.75) is 32.6 Å². The number of carbonyl (C=O) groups excluding carboxylic acids is 1. The first-order valence-electron chi connectivity index (χ1n) is 5.28. The molecule has 15 heavy (non-hydrogen) atoms. The molecule has 1 atom stereocenters. The standard InChI is InChI=1S/C13H15ClO/c1-13(2)8-9(7-12(13)15)10-5-3-4-6-11(10)14/h3-6,9H,7-8H2,1-2H3. The molecular weight excluding hydrogens is 208 g/mol. The first kappa shape index (κ1) is 10.7. The van der Waals surface area contributed by atoms with Crippen molar-refractivity contribution in [3.05, 3.63) is 34.9 Å². The maximum atomic E-state index is 11.7. The third-order valence-corrected chi connectivity index (χ3v) is 3.63. The number of rotatable bonds is 1. The Morgan fingerprint density at radius 3 is 2.53 bits per heavy atom. The van der Waals surface area contributed by atoms with E-state index in [-0.39, 0.29) is 5.41 Å². The fourth-order valence-electron chi connectivity index (χ4n) is 2.33. The Labute approximate surface area is 95.4 Å². The van der Waals surface area contributed by atoms with Crippen LogP contribution in [0.3, 0.4) is 0 Å². The molecule has 1 aliphatic rings. The lowest BCUT2D eigenvalue weighted by Crippen LogP contribution is -2.15. The van der Waals surface area contributed by atoms with E-state index in [4.69, 9.17) is 11.6 Å². The van der Waals surface area contributed by atoms with Crippen molar-refractivity contribution in [1.29, 1.82) is 0 Å². The van der Waals surface area contributed by atoms with Gasteiger partial charge >= 0.3 is 0 Å². The quantitative estimate of drug-likeness (QED) is 0.706. The van der Waals surface area contributed by atoms with Crippen molar-refractivity contribution in [3.63, 3.8) is 0 Å². The molecule has 1 unspecified atom stereocenters. The number of ketones is 1. The molecule has 1 aliphatic carbocycles. The van der Waals surface area contributed by atoms with Gasteiger partial charge in [0.2, 0.25) is 0 Å². The van der Waals surface area contributed by atoms with Gasteiger partial charge in [-0.1, -0.05) is 43.6 Å². The highest BCUT2D eigenvalue weighted by Crippen LogP contribution is 2.44. The molecule has 2 heteroatoms. The van der Waals surface area contributed by atoms with Gasteiger partial charge in [-0.25, -0.2) is 0 Å². The van der Waals surface area contributed by atoms with Crippen LogP contribution in [0.25, 0.3) is 0 Å². The van der Waals surface area contributed by atoms with Crippen molar-refractivity contribution in [2.24, 2.45) is 5.41 Å². The van der Waals surface area contributed by atoms with Crippen molar-refractivity contribution in [2.75, 3.05) is 0 Å². The molecule has 0 spiro atoms. The lowest BCUT2D eigenvalue weighted by atomic mass is 9.88. The summed E-state index contributed by atoms with van der Waals surface area (Å²) in [5, 5.41) is 0.785. The van der Waals surface area contributed by atoms with Gasteiger partial charge in [0.1, 0.15) is 5.78 Å². The summed E-state index contributed by atoms with van der Waals surface area (Å²) >= 11 is 6.13. The molecule has 0 aromatic heterocycles. The Morgan fingerprint density at radius 1 is 1.33 bits per heavy atom. The maximum absolute atomic E-state index is 11.7. The maximum Gasteiger partial charge on any atom is 0.139 e. The van der Waals surface area contributed by atoms with E-state index < -0.39 is 0 Å². The smallest absolute Gasteiger partial charge is 0.139 e. The number of Topliss-reactive ketones (excluding diaryl/α,β-unsaturated/α-hetero) is 1. The Morgan fingerprint density at radius 2 is 2.00 bits per heavy atom. The monoisotopic (exact) mass is 222 g/mol. The third-order valence-electron chi connectivity index (χ3n) is 3.29. The number of halogens is 1. The molecule has 1 saturated carbocycles. The van der Waals surface area contributed by atoms with Crippen molar-refractivity contribution >= 4 is 17.4 Å². The van der Waals surface area contributed by atoms with Crippen molar-refractivity contribution in [1.82, 2.24) is 0 Å². The zero-order valence-electron chi connectivity index (χ0n) is 9.09. The molecule has 0 amide bonds. The van der Waals surface area contributed by atoms with E-state index in [1.54, 1.807) is 0 Å². The summed E-state index contributed by atoms with van der Waals surface area (Å²) in [7, 11) is 0. The highest BCUT2D eigenvalue weighted by atomic mass is 35.5. The largest absolute Gasteiger partial charge is 0.299 e. The van der Waals surface area contributed by atoms with Crippen LogP contribution in [0.4, 0.5) is 0 Å². The minimum Gasteiger partial charge on any atom is -0.299 e. The van der Waals surface area contributed by atoms with Crippen LogP contribution >= 0.6 is 11.6 Å². The zero-order chi connectivity index (χ0) is 11.1. The summed E-state index contributed by atoms with van der Waals surface area (Å²) in [6, 6.07) is 7.83. The minimum absolute atomic E-state index is 0.177. The fourth-order valence-corrected chi connectivity index (χ4v) is 2.62. The molecule has 1 nitrogen and oxygen atoms in total. The normalized spacial score (nSPS) is 24.5. The number of hydrogen-bond donors (Lipinski definition) is 0. The summed E-state index contributed by atoms with van der Waals surface area (Å²) in [4.78, 5) is 11.7. The van der Waals surface area contributed by atoms with Crippen LogP contribution < -0.4 is 0 Å². The number of carbonyl (C=O) groups is 1. The van der Waals surface area contributed by atoms with Gasteiger partial charge < -0.3 is 0 Å². The van der Waals surface area contributed by atoms with E-state index in [0.717, 1.165) is 17.0 Å². The highest BCUT2D eigenvalue weighted by Gasteiger charge is 2.39. The summed E-state index contributed by atoms with van der Waals surface area (Å²) in [6.45, 7) is 4.04. The molecule has 2 rings (SSSR count). The van der Waals surface area contributed by atoms with Crippen LogP contribution in [0.15, 0.2) is 24.3 Å². The molecule has 1 aromatic carbocycles. The fraction of sp³-hybridized carbons (Fsp3) is 0.462. The molecule has 80 valence electrons. The number of benzene rings is 1. The van der Waals surface area contributed by atoms with E-state index in [0.29, 0.717) is 18.1 Å². The SMILES string of the molecule is CC1(C)CC(c2ccccc2Cl)CC1=O. The molecular formula is C13H15ClO. The first-order valence-corrected chi connectivity index (χ1v) is 5.66. The van der Waals surface area contributed by atoms with Gasteiger partial charge in [-0.15, -0.1) is 0 Å². The first-order chi connectivity index (χ1) is 7.00. The van der Waals surface area contributed by atoms with Crippen LogP contribution in [-0.4, -0.2) is 5.78 Å². The topological polar surface area (TPSA) is 17.1 Å². The predicted molar refractivity (Wildman–Crippen MR) is 62.2 cm³/mol. The molecule has 0 N–H and O–H groups in total. The van der Waals surface area contributed by atoms with Crippen LogP contribution in [0.2, 0.25) is 5.02 Å². The van der Waals surface area contributed by atoms with E-state index in [2.05, 4.69) is 0 Å². The third kappa shape index (κ3) is 1.93. The van der Waals surface area contributed by atoms with Gasteiger partial charge in [0.05, 0.1) is 0 Å². The predicted octanol–water partition coefficient (Wildman–Crippen LogP) is 3.81. The molecule has 0 saturated heterocycles.